The number of ether oxygens (including phenoxy) is 1. The Hall–Kier alpha value is -0.990. The van der Waals surface area contributed by atoms with E-state index in [4.69, 9.17) is 4.74 Å². The van der Waals surface area contributed by atoms with E-state index in [2.05, 4.69) is 18.8 Å². The third-order valence-corrected chi connectivity index (χ3v) is 2.85. The Bertz CT molecular complexity index is 278. The van der Waals surface area contributed by atoms with E-state index in [1.54, 1.807) is 0 Å². The van der Waals surface area contributed by atoms with Crippen molar-refractivity contribution in [2.75, 3.05) is 0 Å². The predicted molar refractivity (Wildman–Crippen MR) is 65.3 cm³/mol. The first-order valence-electron chi connectivity index (χ1n) is 5.93. The van der Waals surface area contributed by atoms with Gasteiger partial charge in [0.2, 0.25) is 0 Å². The first-order valence-corrected chi connectivity index (χ1v) is 5.93. The van der Waals surface area contributed by atoms with Crippen molar-refractivity contribution >= 4 is 6.09 Å². The van der Waals surface area contributed by atoms with Crippen molar-refractivity contribution < 1.29 is 9.53 Å². The molecule has 3 nitrogen and oxygen atoms in total. The number of hydrogen-bond donors (Lipinski definition) is 1. The maximum Gasteiger partial charge on any atom is 0.407 e. The van der Waals surface area contributed by atoms with Gasteiger partial charge in [0, 0.05) is 6.04 Å². The van der Waals surface area contributed by atoms with Crippen LogP contribution in [0, 0.1) is 5.92 Å². The lowest BCUT2D eigenvalue weighted by Gasteiger charge is -2.21. The molecule has 92 valence electrons. The number of hydrogen-bond acceptors (Lipinski definition) is 2. The van der Waals surface area contributed by atoms with Crippen molar-refractivity contribution in [1.29, 1.82) is 0 Å². The zero-order valence-electron chi connectivity index (χ0n) is 10.8. The van der Waals surface area contributed by atoms with Gasteiger partial charge in [-0.3, -0.25) is 0 Å². The highest BCUT2D eigenvalue weighted by molar-refractivity contribution is 5.68. The lowest BCUT2D eigenvalue weighted by Crippen LogP contribution is -2.37. The van der Waals surface area contributed by atoms with Gasteiger partial charge in [0.1, 0.15) is 5.60 Å². The van der Waals surface area contributed by atoms with Crippen molar-refractivity contribution in [3.05, 3.63) is 12.2 Å². The minimum Gasteiger partial charge on any atom is -0.444 e. The number of carbonyl (C=O) groups excluding carboxylic acids is 1. The molecule has 1 amide bonds. The Balaban J connectivity index is 2.34. The van der Waals surface area contributed by atoms with Crippen molar-refractivity contribution in [3.8, 4) is 0 Å². The van der Waals surface area contributed by atoms with Crippen LogP contribution in [0.1, 0.15) is 47.0 Å². The fourth-order valence-electron chi connectivity index (χ4n) is 2.03. The van der Waals surface area contributed by atoms with Crippen LogP contribution in [0.3, 0.4) is 0 Å². The summed E-state index contributed by atoms with van der Waals surface area (Å²) in [6.45, 7) is 11.6. The first kappa shape index (κ1) is 13.1. The summed E-state index contributed by atoms with van der Waals surface area (Å²) in [5.41, 5.74) is 0.796. The standard InChI is InChI=1S/C13H23NO2/c1-9(2)10-6-7-11(8-10)14-12(15)16-13(3,4)5/h10-11H,1,6-8H2,2-5H3,(H,14,15). The molecule has 2 unspecified atom stereocenters. The maximum absolute atomic E-state index is 11.5. The van der Waals surface area contributed by atoms with Crippen LogP contribution in [0.2, 0.25) is 0 Å². The molecule has 1 fully saturated rings. The van der Waals surface area contributed by atoms with E-state index in [0.29, 0.717) is 5.92 Å². The number of alkyl carbamates (subject to hydrolysis) is 1. The number of carbonyl (C=O) groups is 1. The molecule has 2 atom stereocenters. The van der Waals surface area contributed by atoms with Gasteiger partial charge in [-0.05, 0) is 52.9 Å². The molecule has 0 aromatic carbocycles. The normalized spacial score (nSPS) is 25.2. The highest BCUT2D eigenvalue weighted by Crippen LogP contribution is 2.30. The van der Waals surface area contributed by atoms with Gasteiger partial charge in [-0.2, -0.15) is 0 Å². The number of allylic oxidation sites excluding steroid dienone is 1. The smallest absolute Gasteiger partial charge is 0.407 e. The summed E-state index contributed by atoms with van der Waals surface area (Å²) in [7, 11) is 0. The fraction of sp³-hybridized carbons (Fsp3) is 0.769. The molecule has 3 heteroatoms. The summed E-state index contributed by atoms with van der Waals surface area (Å²) in [6.07, 6.45) is 2.83. The second-order valence-electron chi connectivity index (χ2n) is 5.70. The number of nitrogens with one attached hydrogen (secondary N) is 1. The lowest BCUT2D eigenvalue weighted by molar-refractivity contribution is 0.0505. The molecule has 0 bridgehead atoms. The topological polar surface area (TPSA) is 38.3 Å². The Kier molecular flexibility index (Phi) is 4.00. The zero-order chi connectivity index (χ0) is 12.3. The van der Waals surface area contributed by atoms with E-state index < -0.39 is 5.60 Å². The van der Waals surface area contributed by atoms with Crippen LogP contribution in [0.4, 0.5) is 4.79 Å². The first-order chi connectivity index (χ1) is 7.28. The van der Waals surface area contributed by atoms with Crippen LogP contribution >= 0.6 is 0 Å². The Morgan fingerprint density at radius 1 is 1.38 bits per heavy atom. The van der Waals surface area contributed by atoms with Crippen LogP contribution in [-0.4, -0.2) is 17.7 Å². The van der Waals surface area contributed by atoms with Crippen molar-refractivity contribution in [1.82, 2.24) is 5.32 Å². The van der Waals surface area contributed by atoms with E-state index in [0.717, 1.165) is 19.3 Å². The molecule has 16 heavy (non-hydrogen) atoms. The molecule has 1 aliphatic carbocycles. The van der Waals surface area contributed by atoms with E-state index >= 15 is 0 Å². The molecule has 1 rings (SSSR count). The van der Waals surface area contributed by atoms with Crippen LogP contribution in [-0.2, 0) is 4.74 Å². The third kappa shape index (κ3) is 4.25. The average molecular weight is 225 g/mol. The summed E-state index contributed by atoms with van der Waals surface area (Å²) in [4.78, 5) is 11.5. The molecule has 0 saturated heterocycles. The van der Waals surface area contributed by atoms with E-state index in [-0.39, 0.29) is 12.1 Å². The minimum absolute atomic E-state index is 0.247. The molecule has 0 spiro atoms. The Morgan fingerprint density at radius 2 is 2.00 bits per heavy atom. The van der Waals surface area contributed by atoms with Crippen molar-refractivity contribution in [3.63, 3.8) is 0 Å². The van der Waals surface area contributed by atoms with Crippen molar-refractivity contribution in [2.45, 2.75) is 58.6 Å². The van der Waals surface area contributed by atoms with Gasteiger partial charge in [-0.1, -0.05) is 12.2 Å². The molecular formula is C13H23NO2. The van der Waals surface area contributed by atoms with Gasteiger partial charge < -0.3 is 10.1 Å². The van der Waals surface area contributed by atoms with Crippen LogP contribution < -0.4 is 5.32 Å². The highest BCUT2D eigenvalue weighted by Gasteiger charge is 2.27. The van der Waals surface area contributed by atoms with Crippen molar-refractivity contribution in [2.24, 2.45) is 5.92 Å². The van der Waals surface area contributed by atoms with Crippen LogP contribution in [0.5, 0.6) is 0 Å². The average Bonchev–Trinajstić information content (AvgIpc) is 2.48. The lowest BCUT2D eigenvalue weighted by atomic mass is 10.0. The van der Waals surface area contributed by atoms with Gasteiger partial charge >= 0.3 is 6.09 Å². The molecule has 0 aromatic rings. The van der Waals surface area contributed by atoms with E-state index in [1.807, 2.05) is 20.8 Å². The second kappa shape index (κ2) is 4.89. The molecular weight excluding hydrogens is 202 g/mol. The quantitative estimate of drug-likeness (QED) is 0.732. The summed E-state index contributed by atoms with van der Waals surface area (Å²) in [5, 5.41) is 2.92. The van der Waals surface area contributed by atoms with E-state index in [1.165, 1.54) is 5.57 Å². The summed E-state index contributed by atoms with van der Waals surface area (Å²) in [6, 6.07) is 0.247. The Morgan fingerprint density at radius 3 is 2.44 bits per heavy atom. The maximum atomic E-state index is 11.5. The van der Waals surface area contributed by atoms with Gasteiger partial charge in [0.05, 0.1) is 0 Å². The monoisotopic (exact) mass is 225 g/mol. The number of amides is 1. The minimum atomic E-state index is -0.420. The van der Waals surface area contributed by atoms with Crippen LogP contribution in [0.25, 0.3) is 0 Å². The summed E-state index contributed by atoms with van der Waals surface area (Å²) < 4.78 is 5.22. The van der Waals surface area contributed by atoms with E-state index in [9.17, 15) is 4.79 Å². The molecule has 1 aliphatic rings. The fourth-order valence-corrected chi connectivity index (χ4v) is 2.03. The van der Waals surface area contributed by atoms with Crippen LogP contribution in [0.15, 0.2) is 12.2 Å². The number of rotatable bonds is 2. The summed E-state index contributed by atoms with van der Waals surface area (Å²) >= 11 is 0. The molecule has 1 saturated carbocycles. The molecule has 0 radical (unpaired) electrons. The summed E-state index contributed by atoms with van der Waals surface area (Å²) in [5.74, 6) is 0.555. The molecule has 0 heterocycles. The zero-order valence-corrected chi connectivity index (χ0v) is 10.8. The third-order valence-electron chi connectivity index (χ3n) is 2.85. The van der Waals surface area contributed by atoms with Gasteiger partial charge in [0.15, 0.2) is 0 Å². The predicted octanol–water partition coefficient (Wildman–Crippen LogP) is 3.26. The molecule has 0 aromatic heterocycles. The SMILES string of the molecule is C=C(C)C1CCC(NC(=O)OC(C)(C)C)C1. The molecule has 0 aliphatic heterocycles. The second-order valence-corrected chi connectivity index (χ2v) is 5.70. The van der Waals surface area contributed by atoms with Gasteiger partial charge in [-0.15, -0.1) is 0 Å². The van der Waals surface area contributed by atoms with Gasteiger partial charge in [0.25, 0.3) is 0 Å². The highest BCUT2D eigenvalue weighted by atomic mass is 16.6. The Labute approximate surface area is 98.2 Å². The van der Waals surface area contributed by atoms with Gasteiger partial charge in [-0.25, -0.2) is 4.79 Å². The largest absolute Gasteiger partial charge is 0.444 e. The molecule has 1 N–H and O–H groups in total.